The molecule has 1 fully saturated rings. The molecule has 2 atom stereocenters. The van der Waals surface area contributed by atoms with Gasteiger partial charge in [0.05, 0.1) is 6.54 Å². The van der Waals surface area contributed by atoms with Crippen LogP contribution in [0.1, 0.15) is 13.8 Å². The highest BCUT2D eigenvalue weighted by Crippen LogP contribution is 2.25. The van der Waals surface area contributed by atoms with Gasteiger partial charge in [0.2, 0.25) is 5.91 Å². The fraction of sp³-hybridized carbons (Fsp3) is 0.350. The lowest BCUT2D eigenvalue weighted by Gasteiger charge is -2.36. The number of benzene rings is 2. The maximum absolute atomic E-state index is 12.3. The van der Waals surface area contributed by atoms with Crippen LogP contribution in [-0.4, -0.2) is 42.5 Å². The average molecular weight is 374 g/mol. The predicted molar refractivity (Wildman–Crippen MR) is 105 cm³/mol. The number of hydrogen-bond acceptors (Lipinski definition) is 4. The molecule has 2 aromatic carbocycles. The smallest absolute Gasteiger partial charge is 0.238 e. The summed E-state index contributed by atoms with van der Waals surface area (Å²) in [7, 11) is 0. The van der Waals surface area contributed by atoms with Gasteiger partial charge in [-0.05, 0) is 56.3 Å². The van der Waals surface area contributed by atoms with Gasteiger partial charge in [-0.15, -0.1) is 0 Å². The Morgan fingerprint density at radius 1 is 1.23 bits per heavy atom. The fourth-order valence-electron chi connectivity index (χ4n) is 2.98. The Morgan fingerprint density at radius 3 is 2.73 bits per heavy atom. The molecular formula is C20H24ClN3O2. The molecule has 2 aromatic rings. The summed E-state index contributed by atoms with van der Waals surface area (Å²) in [5.41, 5.74) is 0.754. The van der Waals surface area contributed by atoms with E-state index in [1.54, 1.807) is 12.1 Å². The second-order valence-electron chi connectivity index (χ2n) is 6.72. The number of ether oxygens (including phenoxy) is 1. The van der Waals surface area contributed by atoms with Gasteiger partial charge in [-0.1, -0.05) is 17.7 Å². The molecule has 0 aliphatic carbocycles. The molecule has 5 nitrogen and oxygen atoms in total. The summed E-state index contributed by atoms with van der Waals surface area (Å²) in [6.07, 6.45) is 0. The second-order valence-corrected chi connectivity index (χ2v) is 7.16. The molecule has 1 aliphatic rings. The van der Waals surface area contributed by atoms with E-state index in [2.05, 4.69) is 29.4 Å². The molecule has 26 heavy (non-hydrogen) atoms. The Labute approximate surface area is 159 Å². The number of hydrogen-bond donors (Lipinski definition) is 2. The minimum Gasteiger partial charge on any atom is -0.457 e. The summed E-state index contributed by atoms with van der Waals surface area (Å²) in [6, 6.07) is 15.3. The summed E-state index contributed by atoms with van der Waals surface area (Å²) in [6.45, 7) is 6.45. The Kier molecular flexibility index (Phi) is 6.14. The zero-order valence-corrected chi connectivity index (χ0v) is 15.8. The summed E-state index contributed by atoms with van der Waals surface area (Å²) >= 11 is 5.96. The number of carbonyl (C=O) groups excluding carboxylic acids is 1. The normalized spacial score (nSPS) is 20.6. The molecule has 6 heteroatoms. The molecule has 1 aliphatic heterocycles. The zero-order valence-electron chi connectivity index (χ0n) is 15.0. The van der Waals surface area contributed by atoms with E-state index in [4.69, 9.17) is 16.3 Å². The summed E-state index contributed by atoms with van der Waals surface area (Å²) < 4.78 is 5.75. The average Bonchev–Trinajstić information content (AvgIpc) is 2.60. The van der Waals surface area contributed by atoms with Crippen LogP contribution in [0.5, 0.6) is 11.5 Å². The quantitative estimate of drug-likeness (QED) is 0.838. The van der Waals surface area contributed by atoms with E-state index in [-0.39, 0.29) is 5.91 Å². The molecule has 138 valence electrons. The molecule has 0 saturated carbocycles. The van der Waals surface area contributed by atoms with Gasteiger partial charge in [-0.3, -0.25) is 9.69 Å². The molecule has 1 amide bonds. The van der Waals surface area contributed by atoms with Crippen LogP contribution >= 0.6 is 11.6 Å². The van der Waals surface area contributed by atoms with Crippen molar-refractivity contribution in [2.45, 2.75) is 25.9 Å². The lowest BCUT2D eigenvalue weighted by molar-refractivity contribution is -0.118. The molecule has 1 heterocycles. The maximum atomic E-state index is 12.3. The summed E-state index contributed by atoms with van der Waals surface area (Å²) in [4.78, 5) is 14.5. The van der Waals surface area contributed by atoms with Crippen molar-refractivity contribution in [3.63, 3.8) is 0 Å². The lowest BCUT2D eigenvalue weighted by Crippen LogP contribution is -2.55. The third-order valence-corrected chi connectivity index (χ3v) is 4.65. The van der Waals surface area contributed by atoms with Crippen molar-refractivity contribution in [3.8, 4) is 11.5 Å². The number of nitrogens with zero attached hydrogens (tertiary/aromatic N) is 1. The van der Waals surface area contributed by atoms with E-state index in [9.17, 15) is 4.79 Å². The highest BCUT2D eigenvalue weighted by Gasteiger charge is 2.23. The number of halogens is 1. The van der Waals surface area contributed by atoms with Crippen LogP contribution in [0.25, 0.3) is 0 Å². The van der Waals surface area contributed by atoms with Crippen molar-refractivity contribution in [2.24, 2.45) is 0 Å². The topological polar surface area (TPSA) is 53.6 Å². The van der Waals surface area contributed by atoms with Crippen molar-refractivity contribution in [1.82, 2.24) is 10.2 Å². The Balaban J connectivity index is 1.54. The zero-order chi connectivity index (χ0) is 18.5. The van der Waals surface area contributed by atoms with Crippen molar-refractivity contribution in [2.75, 3.05) is 25.0 Å². The minimum absolute atomic E-state index is 0.00513. The first-order valence-electron chi connectivity index (χ1n) is 8.80. The third kappa shape index (κ3) is 5.21. The number of nitrogens with one attached hydrogen (secondary N) is 2. The van der Waals surface area contributed by atoms with Crippen LogP contribution in [0.3, 0.4) is 0 Å². The van der Waals surface area contributed by atoms with E-state index >= 15 is 0 Å². The van der Waals surface area contributed by atoms with Crippen molar-refractivity contribution >= 4 is 23.2 Å². The highest BCUT2D eigenvalue weighted by molar-refractivity contribution is 6.30. The van der Waals surface area contributed by atoms with Gasteiger partial charge in [0.1, 0.15) is 11.5 Å². The Bertz CT molecular complexity index is 751. The van der Waals surface area contributed by atoms with Crippen molar-refractivity contribution in [3.05, 3.63) is 53.6 Å². The number of rotatable bonds is 5. The monoisotopic (exact) mass is 373 g/mol. The summed E-state index contributed by atoms with van der Waals surface area (Å²) in [5, 5.41) is 6.99. The van der Waals surface area contributed by atoms with Crippen LogP contribution in [0.2, 0.25) is 5.02 Å². The molecule has 0 bridgehead atoms. The van der Waals surface area contributed by atoms with E-state index in [0.29, 0.717) is 35.2 Å². The minimum atomic E-state index is -0.00513. The summed E-state index contributed by atoms with van der Waals surface area (Å²) in [5.74, 6) is 1.36. The van der Waals surface area contributed by atoms with Crippen molar-refractivity contribution < 1.29 is 9.53 Å². The number of piperazine rings is 1. The van der Waals surface area contributed by atoms with Gasteiger partial charge < -0.3 is 15.4 Å². The van der Waals surface area contributed by atoms with Gasteiger partial charge in [-0.25, -0.2) is 0 Å². The third-order valence-electron chi connectivity index (χ3n) is 4.41. The molecule has 2 unspecified atom stereocenters. The van der Waals surface area contributed by atoms with Gasteiger partial charge in [0, 0.05) is 35.9 Å². The molecule has 0 radical (unpaired) electrons. The second kappa shape index (κ2) is 8.54. The number of amides is 1. The van der Waals surface area contributed by atoms with E-state index < -0.39 is 0 Å². The standard InChI is InChI=1S/C20H24ClN3O2/c1-14-12-24(15(2)11-22-14)13-20(25)23-17-6-8-18(9-7-17)26-19-5-3-4-16(21)10-19/h3-10,14-15,22H,11-13H2,1-2H3,(H,23,25). The van der Waals surface area contributed by atoms with Crippen LogP contribution in [0.15, 0.2) is 48.5 Å². The molecule has 1 saturated heterocycles. The molecule has 0 spiro atoms. The van der Waals surface area contributed by atoms with Gasteiger partial charge in [-0.2, -0.15) is 0 Å². The van der Waals surface area contributed by atoms with E-state index in [1.165, 1.54) is 0 Å². The van der Waals surface area contributed by atoms with Crippen molar-refractivity contribution in [1.29, 1.82) is 0 Å². The first-order chi connectivity index (χ1) is 12.5. The first kappa shape index (κ1) is 18.7. The highest BCUT2D eigenvalue weighted by atomic mass is 35.5. The van der Waals surface area contributed by atoms with Gasteiger partial charge in [0.25, 0.3) is 0 Å². The molecule has 2 N–H and O–H groups in total. The van der Waals surface area contributed by atoms with Crippen LogP contribution in [-0.2, 0) is 4.79 Å². The first-order valence-corrected chi connectivity index (χ1v) is 9.18. The molecule has 3 rings (SSSR count). The Hall–Kier alpha value is -2.08. The molecule has 0 aromatic heterocycles. The van der Waals surface area contributed by atoms with Crippen LogP contribution in [0, 0.1) is 0 Å². The number of anilines is 1. The van der Waals surface area contributed by atoms with Gasteiger partial charge in [0.15, 0.2) is 0 Å². The SMILES string of the molecule is CC1CN(CC(=O)Nc2ccc(Oc3cccc(Cl)c3)cc2)C(C)CN1. The Morgan fingerprint density at radius 2 is 2.00 bits per heavy atom. The van der Waals surface area contributed by atoms with Crippen LogP contribution in [0.4, 0.5) is 5.69 Å². The largest absolute Gasteiger partial charge is 0.457 e. The molecular weight excluding hydrogens is 350 g/mol. The fourth-order valence-corrected chi connectivity index (χ4v) is 3.16. The number of carbonyl (C=O) groups is 1. The maximum Gasteiger partial charge on any atom is 0.238 e. The van der Waals surface area contributed by atoms with Gasteiger partial charge >= 0.3 is 0 Å². The predicted octanol–water partition coefficient (Wildman–Crippen LogP) is 3.75. The van der Waals surface area contributed by atoms with Crippen LogP contribution < -0.4 is 15.4 Å². The lowest BCUT2D eigenvalue weighted by atomic mass is 10.1. The van der Waals surface area contributed by atoms with E-state index in [1.807, 2.05) is 36.4 Å². The van der Waals surface area contributed by atoms with E-state index in [0.717, 1.165) is 18.8 Å².